The summed E-state index contributed by atoms with van der Waals surface area (Å²) < 4.78 is 13.2. The molecule has 4 aromatic rings. The molecule has 0 aliphatic heterocycles. The number of fused-ring (bicyclic) bond motifs is 3. The molecule has 3 aromatic heterocycles. The third-order valence-electron chi connectivity index (χ3n) is 3.65. The number of hydrogen-bond acceptors (Lipinski definition) is 4. The number of benzene rings is 1. The Balaban J connectivity index is 2.03. The van der Waals surface area contributed by atoms with Crippen LogP contribution >= 0.6 is 0 Å². The minimum atomic E-state index is 0.476. The minimum absolute atomic E-state index is 0.476. The van der Waals surface area contributed by atoms with E-state index in [1.54, 1.807) is 6.20 Å². The molecule has 5 heteroatoms. The summed E-state index contributed by atoms with van der Waals surface area (Å²) in [6.45, 7) is 3.88. The lowest BCUT2D eigenvalue weighted by molar-refractivity contribution is -0.663. The van der Waals surface area contributed by atoms with Crippen molar-refractivity contribution in [3.63, 3.8) is 0 Å². The van der Waals surface area contributed by atoms with Crippen molar-refractivity contribution in [3.8, 4) is 11.4 Å². The molecule has 0 aliphatic rings. The molecule has 0 unspecified atom stereocenters. The highest BCUT2D eigenvalue weighted by Crippen LogP contribution is 2.33. The Morgan fingerprint density at radius 1 is 1.14 bits per heavy atom. The van der Waals surface area contributed by atoms with Crippen molar-refractivity contribution in [1.29, 1.82) is 0 Å². The van der Waals surface area contributed by atoms with Crippen molar-refractivity contribution in [2.75, 3.05) is 0 Å². The van der Waals surface area contributed by atoms with E-state index in [-0.39, 0.29) is 0 Å². The zero-order chi connectivity index (χ0) is 14.6. The predicted molar refractivity (Wildman–Crippen MR) is 77.7 cm³/mol. The minimum Gasteiger partial charge on any atom is -0.424 e. The first kappa shape index (κ1) is 12.1. The Hall–Kier alpha value is -2.69. The maximum Gasteiger partial charge on any atom is 0.330 e. The number of furan rings is 1. The Morgan fingerprint density at radius 2 is 2.00 bits per heavy atom. The number of nitrogens with zero attached hydrogens (tertiary/aromatic N) is 3. The second-order valence-electron chi connectivity index (χ2n) is 5.19. The van der Waals surface area contributed by atoms with Gasteiger partial charge in [0.1, 0.15) is 11.8 Å². The van der Waals surface area contributed by atoms with Gasteiger partial charge >= 0.3 is 11.6 Å². The van der Waals surface area contributed by atoms with Gasteiger partial charge in [-0.1, -0.05) is 0 Å². The summed E-state index contributed by atoms with van der Waals surface area (Å²) in [5, 5.41) is 0.974. The summed E-state index contributed by atoms with van der Waals surface area (Å²) in [4.78, 5) is 8.84. The fraction of sp³-hybridized carbons (Fsp3) is 0.188. The van der Waals surface area contributed by atoms with Crippen LogP contribution in [0, 0.1) is 13.8 Å². The Bertz CT molecular complexity index is 982. The first-order valence-electron chi connectivity index (χ1n) is 6.75. The van der Waals surface area contributed by atoms with Crippen LogP contribution in [0.1, 0.15) is 11.5 Å². The van der Waals surface area contributed by atoms with Gasteiger partial charge in [-0.3, -0.25) is 0 Å². The SMILES string of the molecule is Cc1nc2c(o1)oc1cc(-c3nccc[n+]3C)c(C)cc12. The van der Waals surface area contributed by atoms with Crippen LogP contribution in [0.5, 0.6) is 0 Å². The number of oxazole rings is 1. The molecule has 0 bridgehead atoms. The van der Waals surface area contributed by atoms with Gasteiger partial charge in [-0.15, -0.1) is 0 Å². The molecule has 4 rings (SSSR count). The van der Waals surface area contributed by atoms with E-state index in [2.05, 4.69) is 23.0 Å². The van der Waals surface area contributed by atoms with E-state index in [0.29, 0.717) is 11.7 Å². The van der Waals surface area contributed by atoms with Gasteiger partial charge in [0.25, 0.3) is 0 Å². The second kappa shape index (κ2) is 4.15. The van der Waals surface area contributed by atoms with Crippen LogP contribution in [0.4, 0.5) is 0 Å². The van der Waals surface area contributed by atoms with Crippen molar-refractivity contribution in [1.82, 2.24) is 9.97 Å². The van der Waals surface area contributed by atoms with Crippen molar-refractivity contribution in [2.24, 2.45) is 7.05 Å². The first-order valence-corrected chi connectivity index (χ1v) is 6.75. The zero-order valence-electron chi connectivity index (χ0n) is 12.0. The van der Waals surface area contributed by atoms with Crippen LogP contribution in [-0.2, 0) is 7.05 Å². The average Bonchev–Trinajstić information content (AvgIpc) is 2.95. The van der Waals surface area contributed by atoms with E-state index in [4.69, 9.17) is 8.83 Å². The number of rotatable bonds is 1. The molecule has 0 aliphatic carbocycles. The molecule has 0 N–H and O–H groups in total. The highest BCUT2D eigenvalue weighted by atomic mass is 16.5. The van der Waals surface area contributed by atoms with Gasteiger partial charge in [0, 0.05) is 13.0 Å². The maximum atomic E-state index is 5.76. The molecule has 0 fully saturated rings. The van der Waals surface area contributed by atoms with Crippen LogP contribution in [0.25, 0.3) is 33.7 Å². The standard InChI is InChI=1S/C16H14N3O2/c1-9-7-12-13(21-16-14(12)18-10(2)20-16)8-11(9)15-17-5-4-6-19(15)3/h4-8H,1-3H3/q+1. The third-order valence-corrected chi connectivity index (χ3v) is 3.65. The van der Waals surface area contributed by atoms with E-state index in [9.17, 15) is 0 Å². The van der Waals surface area contributed by atoms with E-state index < -0.39 is 0 Å². The summed E-state index contributed by atoms with van der Waals surface area (Å²) in [6, 6.07) is 5.98. The van der Waals surface area contributed by atoms with Crippen molar-refractivity contribution < 1.29 is 13.4 Å². The highest BCUT2D eigenvalue weighted by molar-refractivity contribution is 6.02. The van der Waals surface area contributed by atoms with E-state index in [1.165, 1.54) is 0 Å². The number of hydrogen-bond donors (Lipinski definition) is 0. The molecule has 0 spiro atoms. The molecule has 104 valence electrons. The fourth-order valence-corrected chi connectivity index (χ4v) is 2.65. The summed E-state index contributed by atoms with van der Waals surface area (Å²) in [5.41, 5.74) is 3.71. The lowest BCUT2D eigenvalue weighted by Gasteiger charge is -2.02. The van der Waals surface area contributed by atoms with Crippen LogP contribution in [0.3, 0.4) is 0 Å². The Labute approximate surface area is 120 Å². The van der Waals surface area contributed by atoms with Crippen LogP contribution in [0.15, 0.2) is 39.4 Å². The molecule has 3 heterocycles. The lowest BCUT2D eigenvalue weighted by Crippen LogP contribution is -2.31. The summed E-state index contributed by atoms with van der Waals surface area (Å²) in [7, 11) is 1.98. The molecule has 1 aromatic carbocycles. The van der Waals surface area contributed by atoms with E-state index in [1.807, 2.05) is 36.9 Å². The molecule has 21 heavy (non-hydrogen) atoms. The Morgan fingerprint density at radius 3 is 2.81 bits per heavy atom. The van der Waals surface area contributed by atoms with Crippen LogP contribution < -0.4 is 4.57 Å². The molecular formula is C16H14N3O2+. The largest absolute Gasteiger partial charge is 0.424 e. The predicted octanol–water partition coefficient (Wildman–Crippen LogP) is 3.08. The Kier molecular flexibility index (Phi) is 2.39. The van der Waals surface area contributed by atoms with Gasteiger partial charge in [-0.2, -0.15) is 0 Å². The van der Waals surface area contributed by atoms with Crippen molar-refractivity contribution in [2.45, 2.75) is 13.8 Å². The van der Waals surface area contributed by atoms with E-state index in [0.717, 1.165) is 33.4 Å². The fourth-order valence-electron chi connectivity index (χ4n) is 2.65. The van der Waals surface area contributed by atoms with Gasteiger partial charge in [0.2, 0.25) is 0 Å². The lowest BCUT2D eigenvalue weighted by atomic mass is 10.1. The normalized spacial score (nSPS) is 11.6. The molecule has 5 nitrogen and oxygen atoms in total. The topological polar surface area (TPSA) is 55.9 Å². The number of aryl methyl sites for hydroxylation is 3. The molecule has 0 atom stereocenters. The van der Waals surface area contributed by atoms with Crippen molar-refractivity contribution in [3.05, 3.63) is 42.0 Å². The van der Waals surface area contributed by atoms with Crippen LogP contribution in [-0.4, -0.2) is 9.97 Å². The molecule has 0 radical (unpaired) electrons. The quantitative estimate of drug-likeness (QED) is 0.503. The van der Waals surface area contributed by atoms with Gasteiger partial charge < -0.3 is 8.83 Å². The highest BCUT2D eigenvalue weighted by Gasteiger charge is 2.19. The molecular weight excluding hydrogens is 266 g/mol. The van der Waals surface area contributed by atoms with E-state index >= 15 is 0 Å². The third kappa shape index (κ3) is 1.74. The van der Waals surface area contributed by atoms with Gasteiger partial charge in [-0.25, -0.2) is 9.55 Å². The van der Waals surface area contributed by atoms with Gasteiger partial charge in [0.15, 0.2) is 11.4 Å². The van der Waals surface area contributed by atoms with Gasteiger partial charge in [0.05, 0.1) is 24.2 Å². The monoisotopic (exact) mass is 280 g/mol. The molecule has 0 amide bonds. The summed E-state index contributed by atoms with van der Waals surface area (Å²) in [5.74, 6) is 1.99. The smallest absolute Gasteiger partial charge is 0.330 e. The summed E-state index contributed by atoms with van der Waals surface area (Å²) in [6.07, 6.45) is 3.77. The van der Waals surface area contributed by atoms with Crippen molar-refractivity contribution >= 4 is 22.3 Å². The summed E-state index contributed by atoms with van der Waals surface area (Å²) >= 11 is 0. The maximum absolute atomic E-state index is 5.76. The second-order valence-corrected chi connectivity index (χ2v) is 5.19. The first-order chi connectivity index (χ1) is 10.1. The molecule has 0 saturated heterocycles. The average molecular weight is 280 g/mol. The molecule has 0 saturated carbocycles. The number of aromatic nitrogens is 3. The zero-order valence-corrected chi connectivity index (χ0v) is 12.0. The van der Waals surface area contributed by atoms with Gasteiger partial charge in [-0.05, 0) is 29.6 Å². The van der Waals surface area contributed by atoms with Crippen LogP contribution in [0.2, 0.25) is 0 Å².